The molecule has 1 saturated heterocycles. The van der Waals surface area contributed by atoms with Crippen molar-refractivity contribution in [2.45, 2.75) is 108 Å². The average Bonchev–Trinajstić information content (AvgIpc) is 1.74. The second kappa shape index (κ2) is 26.3. The molecule has 10 nitrogen and oxygen atoms in total. The van der Waals surface area contributed by atoms with E-state index in [9.17, 15) is 75.9 Å². The van der Waals surface area contributed by atoms with Crippen molar-refractivity contribution in [1.29, 1.82) is 0 Å². The predicted octanol–water partition coefficient (Wildman–Crippen LogP) is 14.7. The van der Waals surface area contributed by atoms with Gasteiger partial charge in [-0.05, 0) is 158 Å². The van der Waals surface area contributed by atoms with Crippen LogP contribution in [0.15, 0.2) is 101 Å². The second-order valence-corrected chi connectivity index (χ2v) is 23.4. The molecule has 1 atom stereocenters. The highest BCUT2D eigenvalue weighted by Crippen LogP contribution is 2.50. The van der Waals surface area contributed by atoms with Crippen LogP contribution in [0.1, 0.15) is 95.2 Å². The Labute approximate surface area is 511 Å². The molecule has 9 rings (SSSR count). The molecular weight excluding hydrogens is 1330 g/mol. The molecule has 0 amide bonds. The summed E-state index contributed by atoms with van der Waals surface area (Å²) < 4.78 is 212. The number of benzene rings is 5. The quantitative estimate of drug-likeness (QED) is 0.0396. The van der Waals surface area contributed by atoms with E-state index < -0.39 is 140 Å². The van der Waals surface area contributed by atoms with Crippen molar-refractivity contribution >= 4 is 117 Å². The molecule has 1 unspecified atom stereocenters. The minimum atomic E-state index is -5.00. The first kappa shape index (κ1) is 71.8. The molecule has 33 heteroatoms. The fourth-order valence-corrected chi connectivity index (χ4v) is 8.94. The maximum Gasteiger partial charge on any atom is 0.494 e. The highest BCUT2D eigenvalue weighted by molar-refractivity contribution is 9.11. The summed E-state index contributed by atoms with van der Waals surface area (Å²) in [7, 11) is -2.81. The lowest BCUT2D eigenvalue weighted by atomic mass is 9.77. The lowest BCUT2D eigenvalue weighted by molar-refractivity contribution is -0.276. The van der Waals surface area contributed by atoms with Gasteiger partial charge < -0.3 is 38.7 Å². The van der Waals surface area contributed by atoms with Crippen LogP contribution < -0.4 is 16.4 Å². The van der Waals surface area contributed by atoms with Crippen LogP contribution in [0.4, 0.5) is 65.9 Å². The normalized spacial score (nSPS) is 18.8. The van der Waals surface area contributed by atoms with Crippen LogP contribution in [0.25, 0.3) is 5.57 Å². The van der Waals surface area contributed by atoms with Crippen LogP contribution in [0, 0.1) is 34.9 Å². The van der Waals surface area contributed by atoms with Gasteiger partial charge in [0.05, 0.1) is 53.2 Å². The first-order valence-corrected chi connectivity index (χ1v) is 26.6. The molecule has 0 aliphatic carbocycles. The molecule has 0 radical (unpaired) electrons. The molecular formula is C53H45B3BrCl4F15N2O8. The highest BCUT2D eigenvalue weighted by atomic mass is 79.9. The van der Waals surface area contributed by atoms with E-state index >= 15 is 0 Å². The monoisotopic (exact) mass is 1370 g/mol. The third kappa shape index (κ3) is 15.9. The van der Waals surface area contributed by atoms with Gasteiger partial charge in [-0.1, -0.05) is 94.1 Å². The van der Waals surface area contributed by atoms with Gasteiger partial charge in [0.15, 0.2) is 40.1 Å². The molecule has 4 heterocycles. The van der Waals surface area contributed by atoms with Crippen molar-refractivity contribution in [1.82, 2.24) is 0 Å². The van der Waals surface area contributed by atoms with E-state index in [4.69, 9.17) is 75.1 Å². The Kier molecular flexibility index (Phi) is 21.9. The van der Waals surface area contributed by atoms with Gasteiger partial charge in [-0.3, -0.25) is 0 Å². The zero-order valence-electron chi connectivity index (χ0n) is 45.6. The largest absolute Gasteiger partial charge is 0.494 e. The third-order valence-electron chi connectivity index (χ3n) is 13.6. The van der Waals surface area contributed by atoms with Crippen molar-refractivity contribution < 1.29 is 105 Å². The van der Waals surface area contributed by atoms with Crippen molar-refractivity contribution in [3.63, 3.8) is 0 Å². The number of alkyl halides is 9. The number of nitrogens with zero attached hydrogens (tertiary/aromatic N) is 2. The highest BCUT2D eigenvalue weighted by Gasteiger charge is 2.63. The number of allylic oxidation sites excluding steroid dienone is 2. The van der Waals surface area contributed by atoms with E-state index in [-0.39, 0.29) is 15.9 Å². The molecule has 5 aromatic carbocycles. The van der Waals surface area contributed by atoms with Crippen LogP contribution in [0.5, 0.6) is 0 Å². The van der Waals surface area contributed by atoms with Crippen molar-refractivity contribution in [3.8, 4) is 0 Å². The fraction of sp³-hybridized carbons (Fsp3) is 0.321. The number of hydrogen-bond acceptors (Lipinski definition) is 10. The number of rotatable bonds is 5. The Morgan fingerprint density at radius 1 is 0.605 bits per heavy atom. The molecule has 0 spiro atoms. The first-order chi connectivity index (χ1) is 39.1. The van der Waals surface area contributed by atoms with Gasteiger partial charge in [0.1, 0.15) is 0 Å². The minimum absolute atomic E-state index is 0.0139. The molecule has 4 aliphatic heterocycles. The number of oxime groups is 2. The Bertz CT molecular complexity index is 3400. The van der Waals surface area contributed by atoms with Crippen molar-refractivity contribution in [2.24, 2.45) is 10.3 Å². The van der Waals surface area contributed by atoms with E-state index in [0.717, 1.165) is 17.1 Å². The Morgan fingerprint density at radius 3 is 1.48 bits per heavy atom. The zero-order valence-corrected chi connectivity index (χ0v) is 50.2. The van der Waals surface area contributed by atoms with Gasteiger partial charge in [-0.15, -0.1) is 0 Å². The summed E-state index contributed by atoms with van der Waals surface area (Å²) in [5.41, 5.74) is -4.19. The number of fused-ring (bicyclic) bond motifs is 2. The summed E-state index contributed by atoms with van der Waals surface area (Å²) in [6.07, 6.45) is -14.8. The minimum Gasteiger partial charge on any atom is -0.423 e. The molecule has 4 aliphatic rings. The van der Waals surface area contributed by atoms with Crippen LogP contribution in [-0.2, 0) is 40.3 Å². The Balaban J connectivity index is 0.000000210. The molecule has 0 bridgehead atoms. The fourth-order valence-electron chi connectivity index (χ4n) is 8.19. The summed E-state index contributed by atoms with van der Waals surface area (Å²) in [5, 5.41) is 33.0. The molecule has 3 N–H and O–H groups in total. The maximum absolute atomic E-state index is 14.0. The van der Waals surface area contributed by atoms with Crippen LogP contribution in [0.3, 0.4) is 0 Å². The average molecular weight is 1380 g/mol. The predicted molar refractivity (Wildman–Crippen MR) is 299 cm³/mol. The van der Waals surface area contributed by atoms with Crippen molar-refractivity contribution in [3.05, 3.63) is 174 Å². The first-order valence-electron chi connectivity index (χ1n) is 24.3. The van der Waals surface area contributed by atoms with Crippen LogP contribution >= 0.6 is 62.3 Å². The second-order valence-electron chi connectivity index (χ2n) is 20.9. The summed E-state index contributed by atoms with van der Waals surface area (Å²) in [4.78, 5) is 4.84. The summed E-state index contributed by atoms with van der Waals surface area (Å²) in [6.45, 7) is 20.0. The van der Waals surface area contributed by atoms with E-state index in [1.54, 1.807) is 38.1 Å². The van der Waals surface area contributed by atoms with Gasteiger partial charge in [-0.2, -0.15) is 39.5 Å². The molecule has 0 aromatic heterocycles. The van der Waals surface area contributed by atoms with Gasteiger partial charge in [0, 0.05) is 17.5 Å². The number of halogens is 20. The van der Waals surface area contributed by atoms with Gasteiger partial charge in [-0.25, -0.2) is 26.3 Å². The lowest BCUT2D eigenvalue weighted by Gasteiger charge is -2.32. The molecule has 86 heavy (non-hydrogen) atoms. The standard InChI is InChI=1S/C19H14BClF5NO3.C12H14BClF2O2.C10H11BClNO3.C9H4ClF5.C3H2BrF3/c1-17(2)11-5-9(3-4-12(11)20(28)29-17)15-8-18(30-27-15,19(24,25)26)10-6-13(21)16(23)14(22)7-10;1-11(2)12(3,4)18-13(17-11)7-5-8(14)10(16)9(15)6-7;1-10(2)7-5-6(9(12)13-15)3-4-8(7)11(14)16-10;1-4(9(13,14)15)5-2-6(10)8(12)7(11)3-5;1-2(4)3(5,6)7/h3-7,28H,8H2,1-2H3;5-6H,1-4H3;3-5,14-15H,1-2H3;2-3H,1H2;1H2. The van der Waals surface area contributed by atoms with E-state index in [0.29, 0.717) is 51.9 Å². The van der Waals surface area contributed by atoms with E-state index in [1.165, 1.54) is 18.2 Å². The molecule has 1 fully saturated rings. The molecule has 5 aromatic rings. The lowest BCUT2D eigenvalue weighted by Crippen LogP contribution is -2.42. The Hall–Kier alpha value is -4.94. The SMILES string of the molecule is C=C(Br)C(F)(F)F.C=C(c1cc(F)c(F)c(Cl)c1)C(F)(F)F.CC1(C)OB(O)c2ccc(C(Cl)=NO)cc21.CC1(C)OB(O)c2ccc(C3=NOC(c4cc(F)c(F)c(Cl)c4)(C(F)(F)F)C3)cc21.CC1(C)OB(c2cc(F)c(F)c(Cl)c2)OC1(C)C. The van der Waals surface area contributed by atoms with Crippen molar-refractivity contribution in [2.75, 3.05) is 0 Å². The van der Waals surface area contributed by atoms with Crippen LogP contribution in [-0.4, -0.2) is 77.2 Å². The van der Waals surface area contributed by atoms with E-state index in [1.807, 2.05) is 41.5 Å². The van der Waals surface area contributed by atoms with Gasteiger partial charge >= 0.3 is 39.9 Å². The van der Waals surface area contributed by atoms with Gasteiger partial charge in [0.2, 0.25) is 0 Å². The Morgan fingerprint density at radius 2 is 1.05 bits per heavy atom. The summed E-state index contributed by atoms with van der Waals surface area (Å²) >= 11 is 24.3. The summed E-state index contributed by atoms with van der Waals surface area (Å²) in [6, 6.07) is 14.3. The smallest absolute Gasteiger partial charge is 0.423 e. The zero-order chi connectivity index (χ0) is 65.6. The maximum atomic E-state index is 14.0. The van der Waals surface area contributed by atoms with Crippen LogP contribution in [0.2, 0.25) is 15.1 Å². The molecule has 0 saturated carbocycles. The van der Waals surface area contributed by atoms with Gasteiger partial charge in [0.25, 0.3) is 5.60 Å². The molecule has 464 valence electrons. The number of hydrogen-bond donors (Lipinski definition) is 3. The third-order valence-corrected chi connectivity index (χ3v) is 15.1. The summed E-state index contributed by atoms with van der Waals surface area (Å²) in [5.74, 6) is -7.86. The van der Waals surface area contributed by atoms with E-state index in [2.05, 4.69) is 39.4 Å². The topological polar surface area (TPSA) is 132 Å².